The van der Waals surface area contributed by atoms with Gasteiger partial charge in [-0.15, -0.1) is 10.2 Å². The average Bonchev–Trinajstić information content (AvgIpc) is 2.57. The summed E-state index contributed by atoms with van der Waals surface area (Å²) < 4.78 is 0. The molecule has 5 nitrogen and oxygen atoms in total. The van der Waals surface area contributed by atoms with Gasteiger partial charge in [0.2, 0.25) is 0 Å². The van der Waals surface area contributed by atoms with Gasteiger partial charge in [-0.3, -0.25) is 4.79 Å². The van der Waals surface area contributed by atoms with Crippen LogP contribution in [0.3, 0.4) is 0 Å². The van der Waals surface area contributed by atoms with E-state index in [1.807, 2.05) is 24.3 Å². The van der Waals surface area contributed by atoms with Gasteiger partial charge in [0.25, 0.3) is 5.91 Å². The summed E-state index contributed by atoms with van der Waals surface area (Å²) in [5, 5.41) is 9.55. The van der Waals surface area contributed by atoms with Crippen LogP contribution in [0.2, 0.25) is 5.02 Å². The van der Waals surface area contributed by atoms with E-state index in [-0.39, 0.29) is 11.9 Å². The number of hydrogen-bond donors (Lipinski definition) is 1. The van der Waals surface area contributed by atoms with Crippen LogP contribution in [0.15, 0.2) is 46.3 Å². The molecule has 1 aliphatic heterocycles. The molecule has 0 spiro atoms. The highest BCUT2D eigenvalue weighted by atomic mass is 35.5. The molecule has 1 saturated heterocycles. The maximum absolute atomic E-state index is 12.4. The Kier molecular flexibility index (Phi) is 5.15. The molecule has 1 atom stereocenters. The van der Waals surface area contributed by atoms with Crippen molar-refractivity contribution in [3.8, 4) is 0 Å². The number of hydrogen-bond acceptors (Lipinski definition) is 5. The zero-order valence-corrected chi connectivity index (χ0v) is 14.1. The maximum atomic E-state index is 12.4. The number of carbonyl (C=O) groups is 1. The summed E-state index contributed by atoms with van der Waals surface area (Å²) in [7, 11) is 0. The van der Waals surface area contributed by atoms with E-state index in [0.29, 0.717) is 22.3 Å². The zero-order chi connectivity index (χ0) is 16.2. The number of benzene rings is 1. The molecule has 2 heterocycles. The average molecular weight is 349 g/mol. The SMILES string of the molecule is NC1CCCN(C(=O)c2ccc(Sc3ccccc3Cl)nn2)C1. The van der Waals surface area contributed by atoms with E-state index in [4.69, 9.17) is 17.3 Å². The molecule has 2 aromatic rings. The minimum atomic E-state index is -0.109. The number of aromatic nitrogens is 2. The summed E-state index contributed by atoms with van der Waals surface area (Å²) in [6.45, 7) is 1.31. The third-order valence-corrected chi connectivity index (χ3v) is 5.10. The number of likely N-dealkylation sites (tertiary alicyclic amines) is 1. The predicted octanol–water partition coefficient (Wildman–Crippen LogP) is 2.84. The second-order valence-electron chi connectivity index (χ2n) is 5.44. The second kappa shape index (κ2) is 7.29. The van der Waals surface area contributed by atoms with Crippen LogP contribution in [0.4, 0.5) is 0 Å². The van der Waals surface area contributed by atoms with Gasteiger partial charge in [-0.1, -0.05) is 35.5 Å². The summed E-state index contributed by atoms with van der Waals surface area (Å²) >= 11 is 7.55. The smallest absolute Gasteiger partial charge is 0.274 e. The summed E-state index contributed by atoms with van der Waals surface area (Å²) in [6, 6.07) is 11.1. The van der Waals surface area contributed by atoms with Crippen LogP contribution in [0.25, 0.3) is 0 Å². The van der Waals surface area contributed by atoms with E-state index in [1.54, 1.807) is 17.0 Å². The van der Waals surface area contributed by atoms with Gasteiger partial charge in [-0.05, 0) is 37.1 Å². The van der Waals surface area contributed by atoms with Crippen molar-refractivity contribution in [2.24, 2.45) is 5.73 Å². The molecule has 0 aliphatic carbocycles. The topological polar surface area (TPSA) is 72.1 Å². The Labute approximate surface area is 144 Å². The fourth-order valence-corrected chi connectivity index (χ4v) is 3.49. The van der Waals surface area contributed by atoms with Gasteiger partial charge in [0.05, 0.1) is 5.02 Å². The highest BCUT2D eigenvalue weighted by Crippen LogP contribution is 2.31. The minimum Gasteiger partial charge on any atom is -0.336 e. The lowest BCUT2D eigenvalue weighted by Crippen LogP contribution is -2.45. The molecule has 1 aromatic heterocycles. The van der Waals surface area contributed by atoms with Gasteiger partial charge in [-0.25, -0.2) is 0 Å². The number of nitrogens with two attached hydrogens (primary N) is 1. The number of piperidine rings is 1. The van der Waals surface area contributed by atoms with Crippen molar-refractivity contribution in [1.29, 1.82) is 0 Å². The highest BCUT2D eigenvalue weighted by molar-refractivity contribution is 7.99. The predicted molar refractivity (Wildman–Crippen MR) is 90.7 cm³/mol. The number of amides is 1. The van der Waals surface area contributed by atoms with Crippen LogP contribution in [-0.4, -0.2) is 40.1 Å². The molecule has 23 heavy (non-hydrogen) atoms. The van der Waals surface area contributed by atoms with E-state index >= 15 is 0 Å². The fraction of sp³-hybridized carbons (Fsp3) is 0.312. The Morgan fingerprint density at radius 1 is 1.26 bits per heavy atom. The molecule has 120 valence electrons. The molecular formula is C16H17ClN4OS. The zero-order valence-electron chi connectivity index (χ0n) is 12.5. The molecule has 0 bridgehead atoms. The number of rotatable bonds is 3. The summed E-state index contributed by atoms with van der Waals surface area (Å²) in [6.07, 6.45) is 1.89. The highest BCUT2D eigenvalue weighted by Gasteiger charge is 2.23. The Bertz CT molecular complexity index is 695. The molecular weight excluding hydrogens is 332 g/mol. The van der Waals surface area contributed by atoms with Crippen molar-refractivity contribution in [2.75, 3.05) is 13.1 Å². The van der Waals surface area contributed by atoms with E-state index in [2.05, 4.69) is 10.2 Å². The van der Waals surface area contributed by atoms with Gasteiger partial charge in [-0.2, -0.15) is 0 Å². The molecule has 7 heteroatoms. The first kappa shape index (κ1) is 16.2. The summed E-state index contributed by atoms with van der Waals surface area (Å²) in [5.74, 6) is -0.109. The monoisotopic (exact) mass is 348 g/mol. The summed E-state index contributed by atoms with van der Waals surface area (Å²) in [4.78, 5) is 15.1. The van der Waals surface area contributed by atoms with Crippen molar-refractivity contribution >= 4 is 29.3 Å². The fourth-order valence-electron chi connectivity index (χ4n) is 2.49. The molecule has 3 rings (SSSR count). The Morgan fingerprint density at radius 2 is 2.09 bits per heavy atom. The third kappa shape index (κ3) is 4.02. The van der Waals surface area contributed by atoms with Crippen LogP contribution in [0.1, 0.15) is 23.3 Å². The normalized spacial score (nSPS) is 18.0. The number of halogens is 1. The first-order chi connectivity index (χ1) is 11.1. The van der Waals surface area contributed by atoms with Gasteiger partial charge < -0.3 is 10.6 Å². The molecule has 1 aliphatic rings. The Morgan fingerprint density at radius 3 is 2.78 bits per heavy atom. The quantitative estimate of drug-likeness (QED) is 0.923. The van der Waals surface area contributed by atoms with Crippen LogP contribution >= 0.6 is 23.4 Å². The molecule has 1 fully saturated rings. The lowest BCUT2D eigenvalue weighted by atomic mass is 10.1. The van der Waals surface area contributed by atoms with Crippen LogP contribution < -0.4 is 5.73 Å². The van der Waals surface area contributed by atoms with Gasteiger partial charge in [0.1, 0.15) is 5.03 Å². The largest absolute Gasteiger partial charge is 0.336 e. The second-order valence-corrected chi connectivity index (χ2v) is 6.91. The lowest BCUT2D eigenvalue weighted by molar-refractivity contribution is 0.0701. The lowest BCUT2D eigenvalue weighted by Gasteiger charge is -2.30. The minimum absolute atomic E-state index is 0.0516. The molecule has 1 unspecified atom stereocenters. The maximum Gasteiger partial charge on any atom is 0.274 e. The van der Waals surface area contributed by atoms with Crippen molar-refractivity contribution < 1.29 is 4.79 Å². The van der Waals surface area contributed by atoms with E-state index in [1.165, 1.54) is 11.8 Å². The first-order valence-corrected chi connectivity index (χ1v) is 8.64. The standard InChI is InChI=1S/C16H17ClN4OS/c17-12-5-1-2-6-14(12)23-15-8-7-13(19-20-15)16(22)21-9-3-4-11(18)10-21/h1-2,5-8,11H,3-4,9-10,18H2. The molecule has 0 saturated carbocycles. The van der Waals surface area contributed by atoms with Crippen LogP contribution in [0.5, 0.6) is 0 Å². The summed E-state index contributed by atoms with van der Waals surface area (Å²) in [5.41, 5.74) is 6.27. The molecule has 1 aromatic carbocycles. The molecule has 0 radical (unpaired) electrons. The number of carbonyl (C=O) groups excluding carboxylic acids is 1. The Balaban J connectivity index is 1.69. The first-order valence-electron chi connectivity index (χ1n) is 7.44. The van der Waals surface area contributed by atoms with Gasteiger partial charge in [0, 0.05) is 24.0 Å². The number of nitrogens with zero attached hydrogens (tertiary/aromatic N) is 3. The van der Waals surface area contributed by atoms with Crippen molar-refractivity contribution in [3.63, 3.8) is 0 Å². The van der Waals surface area contributed by atoms with Crippen molar-refractivity contribution in [1.82, 2.24) is 15.1 Å². The molecule has 2 N–H and O–H groups in total. The van der Waals surface area contributed by atoms with Gasteiger partial charge >= 0.3 is 0 Å². The third-order valence-electron chi connectivity index (χ3n) is 3.66. The van der Waals surface area contributed by atoms with Crippen LogP contribution in [0, 0.1) is 0 Å². The van der Waals surface area contributed by atoms with Crippen molar-refractivity contribution in [2.45, 2.75) is 28.8 Å². The van der Waals surface area contributed by atoms with Crippen LogP contribution in [-0.2, 0) is 0 Å². The van der Waals surface area contributed by atoms with Crippen molar-refractivity contribution in [3.05, 3.63) is 47.1 Å². The van der Waals surface area contributed by atoms with E-state index in [9.17, 15) is 4.79 Å². The van der Waals surface area contributed by atoms with E-state index < -0.39 is 0 Å². The van der Waals surface area contributed by atoms with E-state index in [0.717, 1.165) is 24.3 Å². The van der Waals surface area contributed by atoms with Gasteiger partial charge in [0.15, 0.2) is 5.69 Å². The molecule has 1 amide bonds. The Hall–Kier alpha value is -1.63.